The van der Waals surface area contributed by atoms with Gasteiger partial charge in [0.25, 0.3) is 11.8 Å². The van der Waals surface area contributed by atoms with Gasteiger partial charge in [0, 0.05) is 30.9 Å². The van der Waals surface area contributed by atoms with Crippen molar-refractivity contribution in [2.75, 3.05) is 26.2 Å². The topological polar surface area (TPSA) is 100 Å². The first-order valence-corrected chi connectivity index (χ1v) is 9.56. The van der Waals surface area contributed by atoms with Crippen LogP contribution in [0, 0.1) is 0 Å². The van der Waals surface area contributed by atoms with Gasteiger partial charge < -0.3 is 15.0 Å². The fourth-order valence-electron chi connectivity index (χ4n) is 3.30. The van der Waals surface area contributed by atoms with Gasteiger partial charge in [0.05, 0.1) is 6.61 Å². The molecule has 2 amide bonds. The maximum Gasteiger partial charge on any atom is 0.405 e. The fourth-order valence-corrected chi connectivity index (χ4v) is 3.30. The van der Waals surface area contributed by atoms with Gasteiger partial charge in [-0.1, -0.05) is 0 Å². The summed E-state index contributed by atoms with van der Waals surface area (Å²) >= 11 is 0. The predicted octanol–water partition coefficient (Wildman–Crippen LogP) is 2.52. The maximum atomic E-state index is 12.8. The number of rotatable bonds is 6. The number of pyridine rings is 1. The van der Waals surface area contributed by atoms with E-state index in [1.54, 1.807) is 28.5 Å². The monoisotopic (exact) mass is 425 g/mol. The van der Waals surface area contributed by atoms with Crippen LogP contribution < -0.4 is 10.1 Å². The molecule has 2 aromatic rings. The molecule has 3 heterocycles. The van der Waals surface area contributed by atoms with Gasteiger partial charge >= 0.3 is 6.18 Å². The second-order valence-electron chi connectivity index (χ2n) is 6.86. The highest BCUT2D eigenvalue weighted by atomic mass is 19.4. The van der Waals surface area contributed by atoms with Crippen molar-refractivity contribution in [3.05, 3.63) is 41.3 Å². The molecule has 30 heavy (non-hydrogen) atoms. The van der Waals surface area contributed by atoms with Crippen LogP contribution in [0.3, 0.4) is 0 Å². The molecule has 1 aliphatic rings. The average Bonchev–Trinajstić information content (AvgIpc) is 3.22. The number of piperidine rings is 1. The summed E-state index contributed by atoms with van der Waals surface area (Å²) in [4.78, 5) is 30.4. The lowest BCUT2D eigenvalue weighted by Gasteiger charge is -2.31. The number of aromatic nitrogens is 3. The Morgan fingerprint density at radius 2 is 2.07 bits per heavy atom. The Morgan fingerprint density at radius 3 is 2.73 bits per heavy atom. The Balaban J connectivity index is 1.58. The molecular formula is C19H22F3N5O3. The summed E-state index contributed by atoms with van der Waals surface area (Å²) in [5.74, 6) is -0.731. The van der Waals surface area contributed by atoms with Gasteiger partial charge in [-0.05, 0) is 38.0 Å². The van der Waals surface area contributed by atoms with Crippen LogP contribution in [-0.2, 0) is 0 Å². The molecule has 0 aliphatic carbocycles. The number of hydrogen-bond acceptors (Lipinski definition) is 5. The lowest BCUT2D eigenvalue weighted by atomic mass is 9.93. The van der Waals surface area contributed by atoms with Gasteiger partial charge in [-0.3, -0.25) is 14.7 Å². The normalized spacial score (nSPS) is 15.1. The van der Waals surface area contributed by atoms with E-state index in [4.69, 9.17) is 4.74 Å². The Bertz CT molecular complexity index is 892. The van der Waals surface area contributed by atoms with E-state index in [-0.39, 0.29) is 17.5 Å². The Labute approximate surface area is 170 Å². The summed E-state index contributed by atoms with van der Waals surface area (Å²) in [5, 5.41) is 8.34. The number of likely N-dealkylation sites (tertiary alicyclic amines) is 1. The molecule has 1 saturated heterocycles. The van der Waals surface area contributed by atoms with Crippen LogP contribution in [0.1, 0.15) is 52.2 Å². The summed E-state index contributed by atoms with van der Waals surface area (Å²) < 4.78 is 42.1. The SMILES string of the molecule is CCOc1ncccc1C(=O)N1CCC(c2cc(C(=O)NCC(F)(F)F)n[nH]2)CC1. The highest BCUT2D eigenvalue weighted by Crippen LogP contribution is 2.29. The molecule has 8 nitrogen and oxygen atoms in total. The number of nitrogens with zero attached hydrogens (tertiary/aromatic N) is 3. The summed E-state index contributed by atoms with van der Waals surface area (Å²) in [6.07, 6.45) is -1.66. The van der Waals surface area contributed by atoms with E-state index in [9.17, 15) is 22.8 Å². The first-order chi connectivity index (χ1) is 14.3. The van der Waals surface area contributed by atoms with Crippen LogP contribution in [0.5, 0.6) is 5.88 Å². The van der Waals surface area contributed by atoms with Gasteiger partial charge in [-0.25, -0.2) is 4.98 Å². The molecule has 0 bridgehead atoms. The lowest BCUT2D eigenvalue weighted by Crippen LogP contribution is -2.38. The first-order valence-electron chi connectivity index (χ1n) is 9.56. The third kappa shape index (κ3) is 5.28. The quantitative estimate of drug-likeness (QED) is 0.741. The van der Waals surface area contributed by atoms with Crippen molar-refractivity contribution in [1.29, 1.82) is 0 Å². The number of hydrogen-bond donors (Lipinski definition) is 2. The zero-order chi connectivity index (χ0) is 21.7. The van der Waals surface area contributed by atoms with E-state index < -0.39 is 18.6 Å². The molecule has 11 heteroatoms. The van der Waals surface area contributed by atoms with Gasteiger partial charge in [0.2, 0.25) is 5.88 Å². The van der Waals surface area contributed by atoms with Gasteiger partial charge in [-0.2, -0.15) is 18.3 Å². The Morgan fingerprint density at radius 1 is 1.33 bits per heavy atom. The van der Waals surface area contributed by atoms with Crippen LogP contribution in [-0.4, -0.2) is 64.3 Å². The standard InChI is InChI=1S/C19H22F3N5O3/c1-2-30-17-13(4-3-7-23-17)18(29)27-8-5-12(6-9-27)14-10-15(26-25-14)16(28)24-11-19(20,21)22/h3-4,7,10,12H,2,5-6,8-9,11H2,1H3,(H,24,28)(H,25,26). The number of H-pyrrole nitrogens is 1. The van der Waals surface area contributed by atoms with E-state index in [0.717, 1.165) is 0 Å². The minimum atomic E-state index is -4.48. The number of carbonyl (C=O) groups excluding carboxylic acids is 2. The largest absolute Gasteiger partial charge is 0.477 e. The van der Waals surface area contributed by atoms with Gasteiger partial charge in [-0.15, -0.1) is 0 Å². The third-order valence-corrected chi connectivity index (χ3v) is 4.78. The zero-order valence-corrected chi connectivity index (χ0v) is 16.3. The van der Waals surface area contributed by atoms with Crippen molar-refractivity contribution in [1.82, 2.24) is 25.4 Å². The first kappa shape index (κ1) is 21.6. The Kier molecular flexibility index (Phi) is 6.58. The maximum absolute atomic E-state index is 12.8. The van der Waals surface area contributed by atoms with Crippen molar-refractivity contribution in [3.8, 4) is 5.88 Å². The molecule has 1 fully saturated rings. The highest BCUT2D eigenvalue weighted by Gasteiger charge is 2.30. The van der Waals surface area contributed by atoms with Crippen molar-refractivity contribution < 1.29 is 27.5 Å². The van der Waals surface area contributed by atoms with Crippen LogP contribution in [0.2, 0.25) is 0 Å². The minimum Gasteiger partial charge on any atom is -0.477 e. The van der Waals surface area contributed by atoms with Crippen molar-refractivity contribution in [2.45, 2.75) is 31.9 Å². The van der Waals surface area contributed by atoms with E-state index in [2.05, 4.69) is 15.2 Å². The van der Waals surface area contributed by atoms with Crippen LogP contribution >= 0.6 is 0 Å². The van der Waals surface area contributed by atoms with Crippen molar-refractivity contribution in [2.24, 2.45) is 0 Å². The number of amides is 2. The van der Waals surface area contributed by atoms with Crippen molar-refractivity contribution in [3.63, 3.8) is 0 Å². The third-order valence-electron chi connectivity index (χ3n) is 4.78. The molecule has 3 rings (SSSR count). The minimum absolute atomic E-state index is 0.0194. The lowest BCUT2D eigenvalue weighted by molar-refractivity contribution is -0.123. The molecular weight excluding hydrogens is 403 g/mol. The van der Waals surface area contributed by atoms with Gasteiger partial charge in [0.15, 0.2) is 0 Å². The number of ether oxygens (including phenoxy) is 1. The van der Waals surface area contributed by atoms with Crippen LogP contribution in [0.15, 0.2) is 24.4 Å². The number of alkyl halides is 3. The number of aromatic amines is 1. The van der Waals surface area contributed by atoms with Crippen LogP contribution in [0.4, 0.5) is 13.2 Å². The second kappa shape index (κ2) is 9.14. The number of nitrogens with one attached hydrogen (secondary N) is 2. The molecule has 0 spiro atoms. The number of carbonyl (C=O) groups is 2. The molecule has 2 aromatic heterocycles. The summed E-state index contributed by atoms with van der Waals surface area (Å²) in [7, 11) is 0. The smallest absolute Gasteiger partial charge is 0.405 e. The Hall–Kier alpha value is -3.11. The summed E-state index contributed by atoms with van der Waals surface area (Å²) in [6, 6.07) is 4.81. The average molecular weight is 425 g/mol. The molecule has 0 atom stereocenters. The fraction of sp³-hybridized carbons (Fsp3) is 0.474. The molecule has 162 valence electrons. The van der Waals surface area contributed by atoms with Crippen LogP contribution in [0.25, 0.3) is 0 Å². The number of halogens is 3. The molecule has 0 radical (unpaired) electrons. The molecule has 1 aliphatic heterocycles. The highest BCUT2D eigenvalue weighted by molar-refractivity contribution is 5.96. The predicted molar refractivity (Wildman–Crippen MR) is 100 cm³/mol. The second-order valence-corrected chi connectivity index (χ2v) is 6.86. The molecule has 2 N–H and O–H groups in total. The molecule has 0 aromatic carbocycles. The summed E-state index contributed by atoms with van der Waals surface area (Å²) in [5.41, 5.74) is 0.975. The van der Waals surface area contributed by atoms with E-state index in [0.29, 0.717) is 49.7 Å². The van der Waals surface area contributed by atoms with E-state index >= 15 is 0 Å². The van der Waals surface area contributed by atoms with E-state index in [1.807, 2.05) is 6.92 Å². The van der Waals surface area contributed by atoms with E-state index in [1.165, 1.54) is 6.07 Å². The molecule has 0 unspecified atom stereocenters. The summed E-state index contributed by atoms with van der Waals surface area (Å²) in [6.45, 7) is 1.78. The zero-order valence-electron chi connectivity index (χ0n) is 16.3. The van der Waals surface area contributed by atoms with Crippen molar-refractivity contribution >= 4 is 11.8 Å². The molecule has 0 saturated carbocycles. The van der Waals surface area contributed by atoms with Gasteiger partial charge in [0.1, 0.15) is 17.8 Å².